The van der Waals surface area contributed by atoms with Gasteiger partial charge in [-0.05, 0) is 31.1 Å². The van der Waals surface area contributed by atoms with E-state index in [2.05, 4.69) is 33.1 Å². The van der Waals surface area contributed by atoms with E-state index in [0.717, 1.165) is 18.3 Å². The minimum absolute atomic E-state index is 0.750. The number of hydrogen-bond donors (Lipinski definition) is 0. The highest BCUT2D eigenvalue weighted by Crippen LogP contribution is 2.29. The molecule has 1 rings (SSSR count). The van der Waals surface area contributed by atoms with Crippen LogP contribution in [0.1, 0.15) is 86.5 Å². The number of rotatable bonds is 4. The minimum Gasteiger partial charge on any atom is -0.103 e. The summed E-state index contributed by atoms with van der Waals surface area (Å²) in [6, 6.07) is 0. The summed E-state index contributed by atoms with van der Waals surface area (Å²) in [5, 5.41) is 0. The SMILES string of the molecule is C=CC(C)C1CCCCC1.C=CCCC.CC.CC. The zero-order valence-electron chi connectivity index (χ0n) is 14.7. The Labute approximate surface area is 124 Å². The monoisotopic (exact) mass is 268 g/mol. The fourth-order valence-corrected chi connectivity index (χ4v) is 2.06. The normalized spacial score (nSPS) is 15.3. The van der Waals surface area contributed by atoms with Crippen LogP contribution in [0.15, 0.2) is 25.3 Å². The first-order valence-corrected chi connectivity index (χ1v) is 8.49. The lowest BCUT2D eigenvalue weighted by Crippen LogP contribution is -2.12. The Morgan fingerprint density at radius 3 is 1.74 bits per heavy atom. The van der Waals surface area contributed by atoms with Gasteiger partial charge in [0.05, 0.1) is 0 Å². The van der Waals surface area contributed by atoms with Gasteiger partial charge in [-0.15, -0.1) is 13.2 Å². The van der Waals surface area contributed by atoms with Crippen LogP contribution in [0.5, 0.6) is 0 Å². The molecule has 0 spiro atoms. The maximum atomic E-state index is 3.84. The van der Waals surface area contributed by atoms with Crippen LogP contribution < -0.4 is 0 Å². The van der Waals surface area contributed by atoms with Crippen molar-refractivity contribution in [2.75, 3.05) is 0 Å². The van der Waals surface area contributed by atoms with E-state index in [9.17, 15) is 0 Å². The van der Waals surface area contributed by atoms with Crippen LogP contribution in [0.4, 0.5) is 0 Å². The Morgan fingerprint density at radius 2 is 1.47 bits per heavy atom. The smallest absolute Gasteiger partial charge is 0.0236 e. The summed E-state index contributed by atoms with van der Waals surface area (Å²) in [5.41, 5.74) is 0. The molecule has 0 heteroatoms. The van der Waals surface area contributed by atoms with Crippen molar-refractivity contribution in [2.24, 2.45) is 11.8 Å². The Kier molecular flexibility index (Phi) is 28.1. The second-order valence-electron chi connectivity index (χ2n) is 4.57. The second-order valence-corrected chi connectivity index (χ2v) is 4.57. The molecule has 1 fully saturated rings. The molecule has 0 radical (unpaired) electrons. The second kappa shape index (κ2) is 22.6. The van der Waals surface area contributed by atoms with Gasteiger partial charge in [0.1, 0.15) is 0 Å². The zero-order valence-corrected chi connectivity index (χ0v) is 14.7. The lowest BCUT2D eigenvalue weighted by atomic mass is 9.81. The Morgan fingerprint density at radius 1 is 1.00 bits per heavy atom. The van der Waals surface area contributed by atoms with E-state index in [0.29, 0.717) is 0 Å². The lowest BCUT2D eigenvalue weighted by molar-refractivity contribution is 0.300. The molecule has 116 valence electrons. The predicted octanol–water partition coefficient (Wildman–Crippen LogP) is 7.41. The molecule has 1 unspecified atom stereocenters. The lowest BCUT2D eigenvalue weighted by Gasteiger charge is -2.25. The van der Waals surface area contributed by atoms with Gasteiger partial charge < -0.3 is 0 Å². The van der Waals surface area contributed by atoms with E-state index in [1.165, 1.54) is 38.5 Å². The molecule has 0 aromatic heterocycles. The van der Waals surface area contributed by atoms with Crippen molar-refractivity contribution in [1.29, 1.82) is 0 Å². The van der Waals surface area contributed by atoms with Crippen LogP contribution >= 0.6 is 0 Å². The molecule has 1 aliphatic carbocycles. The van der Waals surface area contributed by atoms with Crippen molar-refractivity contribution < 1.29 is 0 Å². The zero-order chi connectivity index (χ0) is 15.5. The van der Waals surface area contributed by atoms with Crippen LogP contribution in [-0.2, 0) is 0 Å². The summed E-state index contributed by atoms with van der Waals surface area (Å²) in [4.78, 5) is 0. The highest BCUT2D eigenvalue weighted by atomic mass is 14.2. The first kappa shape index (κ1) is 23.6. The van der Waals surface area contributed by atoms with Crippen LogP contribution in [-0.4, -0.2) is 0 Å². The maximum Gasteiger partial charge on any atom is -0.0236 e. The molecule has 0 heterocycles. The van der Waals surface area contributed by atoms with Crippen LogP contribution in [0.2, 0.25) is 0 Å². The Balaban J connectivity index is -0.000000242. The maximum absolute atomic E-state index is 3.84. The predicted molar refractivity (Wildman–Crippen MR) is 93.7 cm³/mol. The van der Waals surface area contributed by atoms with Crippen molar-refractivity contribution in [3.05, 3.63) is 25.3 Å². The van der Waals surface area contributed by atoms with Gasteiger partial charge in [0.25, 0.3) is 0 Å². The van der Waals surface area contributed by atoms with E-state index in [1.807, 2.05) is 33.8 Å². The molecule has 0 bridgehead atoms. The quantitative estimate of drug-likeness (QED) is 0.465. The third kappa shape index (κ3) is 17.5. The molecule has 0 nitrogen and oxygen atoms in total. The molecule has 0 N–H and O–H groups in total. The van der Waals surface area contributed by atoms with Crippen LogP contribution in [0, 0.1) is 11.8 Å². The molecule has 1 saturated carbocycles. The van der Waals surface area contributed by atoms with Crippen molar-refractivity contribution >= 4 is 0 Å². The van der Waals surface area contributed by atoms with Gasteiger partial charge >= 0.3 is 0 Å². The number of hydrogen-bond acceptors (Lipinski definition) is 0. The number of unbranched alkanes of at least 4 members (excludes halogenated alkanes) is 1. The summed E-state index contributed by atoms with van der Waals surface area (Å²) in [5.74, 6) is 1.70. The third-order valence-corrected chi connectivity index (χ3v) is 3.26. The summed E-state index contributed by atoms with van der Waals surface area (Å²) in [6.45, 7) is 19.8. The van der Waals surface area contributed by atoms with Crippen LogP contribution in [0.25, 0.3) is 0 Å². The van der Waals surface area contributed by atoms with E-state index in [1.54, 1.807) is 0 Å². The van der Waals surface area contributed by atoms with Gasteiger partial charge in [-0.2, -0.15) is 0 Å². The fraction of sp³-hybridized carbons (Fsp3) is 0.789. The van der Waals surface area contributed by atoms with E-state index in [-0.39, 0.29) is 0 Å². The minimum atomic E-state index is 0.750. The molecular formula is C19H40. The molecule has 0 aromatic rings. The average molecular weight is 269 g/mol. The standard InChI is InChI=1S/C10H18.C5H10.2C2H6/c1-3-9(2)10-7-5-4-6-8-10;1-3-5-4-2;2*1-2/h3,9-10H,1,4-8H2,2H3;3H,1,4-5H2,2H3;2*1-2H3. The van der Waals surface area contributed by atoms with E-state index in [4.69, 9.17) is 0 Å². The van der Waals surface area contributed by atoms with Crippen molar-refractivity contribution in [3.63, 3.8) is 0 Å². The summed E-state index contributed by atoms with van der Waals surface area (Å²) >= 11 is 0. The molecule has 1 aliphatic rings. The first-order valence-electron chi connectivity index (χ1n) is 8.49. The van der Waals surface area contributed by atoms with Crippen molar-refractivity contribution in [3.8, 4) is 0 Å². The average Bonchev–Trinajstić information content (AvgIpc) is 2.53. The topological polar surface area (TPSA) is 0 Å². The van der Waals surface area contributed by atoms with Gasteiger partial charge in [0.15, 0.2) is 0 Å². The molecule has 1 atom stereocenters. The molecule has 19 heavy (non-hydrogen) atoms. The molecule has 0 amide bonds. The highest BCUT2D eigenvalue weighted by Gasteiger charge is 2.16. The molecule has 0 aliphatic heterocycles. The van der Waals surface area contributed by atoms with Gasteiger partial charge in [-0.25, -0.2) is 0 Å². The third-order valence-electron chi connectivity index (χ3n) is 3.26. The van der Waals surface area contributed by atoms with Crippen molar-refractivity contribution in [2.45, 2.75) is 86.5 Å². The Bertz CT molecular complexity index is 151. The largest absolute Gasteiger partial charge is 0.103 e. The van der Waals surface area contributed by atoms with Gasteiger partial charge in [-0.3, -0.25) is 0 Å². The molecule has 0 aromatic carbocycles. The molecule has 0 saturated heterocycles. The number of allylic oxidation sites excluding steroid dienone is 2. The summed E-state index contributed by atoms with van der Waals surface area (Å²) in [6.07, 6.45) is 13.6. The van der Waals surface area contributed by atoms with Gasteiger partial charge in [-0.1, -0.05) is 79.4 Å². The highest BCUT2D eigenvalue weighted by molar-refractivity contribution is 4.82. The van der Waals surface area contributed by atoms with Crippen LogP contribution in [0.3, 0.4) is 0 Å². The van der Waals surface area contributed by atoms with Gasteiger partial charge in [0.2, 0.25) is 0 Å². The molecular weight excluding hydrogens is 228 g/mol. The van der Waals surface area contributed by atoms with E-state index < -0.39 is 0 Å². The van der Waals surface area contributed by atoms with E-state index >= 15 is 0 Å². The van der Waals surface area contributed by atoms with Gasteiger partial charge in [0, 0.05) is 0 Å². The van der Waals surface area contributed by atoms with Crippen molar-refractivity contribution in [1.82, 2.24) is 0 Å². The fourth-order valence-electron chi connectivity index (χ4n) is 2.06. The Hall–Kier alpha value is -0.520. The first-order chi connectivity index (χ1) is 9.26. The summed E-state index contributed by atoms with van der Waals surface area (Å²) < 4.78 is 0. The summed E-state index contributed by atoms with van der Waals surface area (Å²) in [7, 11) is 0.